The fourth-order valence-corrected chi connectivity index (χ4v) is 2.61. The molecule has 0 rings (SSSR count). The summed E-state index contributed by atoms with van der Waals surface area (Å²) in [4.78, 5) is 10.6. The lowest BCUT2D eigenvalue weighted by Gasteiger charge is -2.05. The van der Waals surface area contributed by atoms with Crippen molar-refractivity contribution >= 4 is 17.7 Å². The van der Waals surface area contributed by atoms with E-state index in [1.165, 1.54) is 51.4 Å². The normalized spacial score (nSPS) is 12.6. The molecule has 0 saturated carbocycles. The number of carboxylic acids is 1. The van der Waals surface area contributed by atoms with Gasteiger partial charge < -0.3 is 5.11 Å². The van der Waals surface area contributed by atoms with Crippen LogP contribution in [0.3, 0.4) is 0 Å². The number of carbonyl (C=O) groups is 1. The van der Waals surface area contributed by atoms with E-state index in [4.69, 9.17) is 5.11 Å². The van der Waals surface area contributed by atoms with E-state index < -0.39 is 5.97 Å². The number of unbranched alkanes of at least 4 members (excludes halogenated alkanes) is 8. The van der Waals surface area contributed by atoms with Crippen LogP contribution in [0.25, 0.3) is 0 Å². The second kappa shape index (κ2) is 12.3. The van der Waals surface area contributed by atoms with Gasteiger partial charge in [0.05, 0.1) is 5.25 Å². The number of hydrogen-bond donors (Lipinski definition) is 1. The molecule has 102 valence electrons. The van der Waals surface area contributed by atoms with Gasteiger partial charge in [-0.15, -0.1) is 11.8 Å². The quantitative estimate of drug-likeness (QED) is 0.516. The Morgan fingerprint density at radius 3 is 1.94 bits per heavy atom. The molecule has 3 heteroatoms. The van der Waals surface area contributed by atoms with Crippen molar-refractivity contribution in [2.24, 2.45) is 0 Å². The maximum atomic E-state index is 10.6. The third-order valence-electron chi connectivity index (χ3n) is 2.96. The predicted octanol–water partition coefficient (Wildman–Crippen LogP) is 4.72. The van der Waals surface area contributed by atoms with Crippen LogP contribution in [-0.4, -0.2) is 22.1 Å². The Morgan fingerprint density at radius 2 is 1.47 bits per heavy atom. The number of carboxylic acid groups (broad SMARTS) is 1. The number of aliphatic carboxylic acids is 1. The van der Waals surface area contributed by atoms with Gasteiger partial charge in [0, 0.05) is 0 Å². The lowest BCUT2D eigenvalue weighted by molar-refractivity contribution is -0.136. The lowest BCUT2D eigenvalue weighted by Crippen LogP contribution is -2.11. The maximum absolute atomic E-state index is 10.6. The molecule has 0 aliphatic carbocycles. The van der Waals surface area contributed by atoms with Crippen LogP contribution in [0.15, 0.2) is 0 Å². The van der Waals surface area contributed by atoms with Gasteiger partial charge in [-0.1, -0.05) is 58.3 Å². The zero-order valence-corrected chi connectivity index (χ0v) is 12.2. The van der Waals surface area contributed by atoms with Crippen molar-refractivity contribution in [2.45, 2.75) is 76.9 Å². The van der Waals surface area contributed by atoms with Crippen molar-refractivity contribution < 1.29 is 9.90 Å². The first-order chi connectivity index (χ1) is 8.18. The molecule has 0 amide bonds. The molecule has 0 aromatic carbocycles. The molecule has 2 nitrogen and oxygen atoms in total. The highest BCUT2D eigenvalue weighted by Crippen LogP contribution is 2.15. The third kappa shape index (κ3) is 12.1. The number of rotatable bonds is 12. The highest BCUT2D eigenvalue weighted by Gasteiger charge is 2.09. The zero-order chi connectivity index (χ0) is 12.9. The summed E-state index contributed by atoms with van der Waals surface area (Å²) >= 11 is 1.56. The van der Waals surface area contributed by atoms with E-state index in [1.54, 1.807) is 18.7 Å². The highest BCUT2D eigenvalue weighted by molar-refractivity contribution is 8.00. The monoisotopic (exact) mass is 260 g/mol. The molecule has 1 unspecified atom stereocenters. The molecule has 1 N–H and O–H groups in total. The first-order valence-corrected chi connectivity index (χ1v) is 8.07. The zero-order valence-electron chi connectivity index (χ0n) is 11.4. The molecular formula is C14H28O2S. The summed E-state index contributed by atoms with van der Waals surface area (Å²) in [7, 11) is 0. The second-order valence-electron chi connectivity index (χ2n) is 4.68. The Kier molecular flexibility index (Phi) is 12.2. The SMILES string of the molecule is CCCCCCCCCCCSC(C)C(=O)O. The molecule has 0 aliphatic rings. The Morgan fingerprint density at radius 1 is 1.00 bits per heavy atom. The first-order valence-electron chi connectivity index (χ1n) is 7.03. The van der Waals surface area contributed by atoms with Crippen LogP contribution >= 0.6 is 11.8 Å². The van der Waals surface area contributed by atoms with Crippen LogP contribution in [0.4, 0.5) is 0 Å². The summed E-state index contributed by atoms with van der Waals surface area (Å²) in [6.45, 7) is 4.01. The molecule has 0 bridgehead atoms. The van der Waals surface area contributed by atoms with Crippen LogP contribution < -0.4 is 0 Å². The van der Waals surface area contributed by atoms with Gasteiger partial charge in [0.2, 0.25) is 0 Å². The second-order valence-corrected chi connectivity index (χ2v) is 6.13. The molecule has 0 aromatic heterocycles. The van der Waals surface area contributed by atoms with Gasteiger partial charge >= 0.3 is 5.97 Å². The minimum absolute atomic E-state index is 0.246. The molecule has 0 aliphatic heterocycles. The van der Waals surface area contributed by atoms with E-state index in [9.17, 15) is 4.79 Å². The minimum atomic E-state index is -0.689. The molecular weight excluding hydrogens is 232 g/mol. The summed E-state index contributed by atoms with van der Waals surface area (Å²) in [5, 5.41) is 8.46. The van der Waals surface area contributed by atoms with Gasteiger partial charge in [0.1, 0.15) is 0 Å². The van der Waals surface area contributed by atoms with Crippen LogP contribution in [0.2, 0.25) is 0 Å². The smallest absolute Gasteiger partial charge is 0.316 e. The van der Waals surface area contributed by atoms with Gasteiger partial charge in [-0.3, -0.25) is 4.79 Å². The van der Waals surface area contributed by atoms with Crippen molar-refractivity contribution in [3.8, 4) is 0 Å². The van der Waals surface area contributed by atoms with E-state index in [2.05, 4.69) is 6.92 Å². The molecule has 0 heterocycles. The van der Waals surface area contributed by atoms with Gasteiger partial charge in [0.15, 0.2) is 0 Å². The largest absolute Gasteiger partial charge is 0.480 e. The summed E-state index contributed by atoms with van der Waals surface area (Å²) in [5.41, 5.74) is 0. The summed E-state index contributed by atoms with van der Waals surface area (Å²) in [6, 6.07) is 0. The average Bonchev–Trinajstić information content (AvgIpc) is 2.31. The fraction of sp³-hybridized carbons (Fsp3) is 0.929. The van der Waals surface area contributed by atoms with E-state index in [1.807, 2.05) is 0 Å². The van der Waals surface area contributed by atoms with Crippen LogP contribution in [0.5, 0.6) is 0 Å². The van der Waals surface area contributed by atoms with Crippen molar-refractivity contribution in [3.63, 3.8) is 0 Å². The van der Waals surface area contributed by atoms with Gasteiger partial charge in [-0.2, -0.15) is 0 Å². The fourth-order valence-electron chi connectivity index (χ4n) is 1.74. The van der Waals surface area contributed by atoms with Crippen molar-refractivity contribution in [1.29, 1.82) is 0 Å². The Hall–Kier alpha value is -0.180. The van der Waals surface area contributed by atoms with E-state index in [0.717, 1.165) is 12.2 Å². The van der Waals surface area contributed by atoms with Crippen molar-refractivity contribution in [2.75, 3.05) is 5.75 Å². The van der Waals surface area contributed by atoms with Crippen molar-refractivity contribution in [1.82, 2.24) is 0 Å². The molecule has 0 aromatic rings. The summed E-state index contributed by atoms with van der Waals surface area (Å²) in [5.74, 6) is 0.300. The van der Waals surface area contributed by atoms with Crippen LogP contribution in [0, 0.1) is 0 Å². The van der Waals surface area contributed by atoms with E-state index in [0.29, 0.717) is 0 Å². The highest BCUT2D eigenvalue weighted by atomic mass is 32.2. The number of thioether (sulfide) groups is 1. The van der Waals surface area contributed by atoms with Crippen LogP contribution in [0.1, 0.15) is 71.6 Å². The molecule has 0 fully saturated rings. The molecule has 17 heavy (non-hydrogen) atoms. The standard InChI is InChI=1S/C14H28O2S/c1-3-4-5-6-7-8-9-10-11-12-17-13(2)14(15)16/h13H,3-12H2,1-2H3,(H,15,16). The Labute approximate surface area is 111 Å². The predicted molar refractivity (Wildman–Crippen MR) is 76.8 cm³/mol. The molecule has 0 saturated heterocycles. The molecule has 0 radical (unpaired) electrons. The van der Waals surface area contributed by atoms with Gasteiger partial charge in [-0.25, -0.2) is 0 Å². The third-order valence-corrected chi connectivity index (χ3v) is 4.19. The Bertz CT molecular complexity index is 183. The summed E-state index contributed by atoms with van der Waals surface area (Å²) < 4.78 is 0. The van der Waals surface area contributed by atoms with E-state index in [-0.39, 0.29) is 5.25 Å². The van der Waals surface area contributed by atoms with Gasteiger partial charge in [0.25, 0.3) is 0 Å². The van der Waals surface area contributed by atoms with Gasteiger partial charge in [-0.05, 0) is 19.1 Å². The Balaban J connectivity index is 3.06. The number of hydrogen-bond acceptors (Lipinski definition) is 2. The summed E-state index contributed by atoms with van der Waals surface area (Å²) in [6.07, 6.45) is 11.9. The maximum Gasteiger partial charge on any atom is 0.316 e. The van der Waals surface area contributed by atoms with Crippen LogP contribution in [-0.2, 0) is 4.79 Å². The lowest BCUT2D eigenvalue weighted by atomic mass is 10.1. The minimum Gasteiger partial charge on any atom is -0.480 e. The van der Waals surface area contributed by atoms with E-state index >= 15 is 0 Å². The van der Waals surface area contributed by atoms with Crippen molar-refractivity contribution in [3.05, 3.63) is 0 Å². The molecule has 0 spiro atoms. The molecule has 1 atom stereocenters. The first kappa shape index (κ1) is 16.8. The average molecular weight is 260 g/mol. The topological polar surface area (TPSA) is 37.3 Å².